The maximum absolute atomic E-state index is 12.1. The average molecular weight is 309 g/mol. The van der Waals surface area contributed by atoms with Gasteiger partial charge in [0.1, 0.15) is 0 Å². The highest BCUT2D eigenvalue weighted by molar-refractivity contribution is 5.85. The van der Waals surface area contributed by atoms with Crippen LogP contribution in [-0.2, 0) is 11.3 Å². The Balaban J connectivity index is 0.00000220. The second-order valence-corrected chi connectivity index (χ2v) is 5.11. The van der Waals surface area contributed by atoms with Crippen LogP contribution in [0, 0.1) is 11.3 Å². The summed E-state index contributed by atoms with van der Waals surface area (Å²) in [5, 5.41) is 12.0. The van der Waals surface area contributed by atoms with Crippen LogP contribution in [0.25, 0.3) is 0 Å². The van der Waals surface area contributed by atoms with Crippen LogP contribution < -0.4 is 5.32 Å². The number of hydrogen-bond acceptors (Lipinski definition) is 4. The van der Waals surface area contributed by atoms with Gasteiger partial charge in [0.2, 0.25) is 5.91 Å². The number of hydrogen-bond donors (Lipinski definition) is 1. The van der Waals surface area contributed by atoms with Crippen LogP contribution in [0.1, 0.15) is 11.1 Å². The van der Waals surface area contributed by atoms with Crippen molar-refractivity contribution >= 4 is 18.3 Å². The summed E-state index contributed by atoms with van der Waals surface area (Å²) in [6.45, 7) is 4.49. The van der Waals surface area contributed by atoms with E-state index in [-0.39, 0.29) is 18.3 Å². The minimum Gasteiger partial charge on any atom is -0.339 e. The Morgan fingerprint density at radius 2 is 1.95 bits per heavy atom. The zero-order chi connectivity index (χ0) is 14.4. The smallest absolute Gasteiger partial charge is 0.236 e. The Morgan fingerprint density at radius 1 is 1.33 bits per heavy atom. The van der Waals surface area contributed by atoms with E-state index in [4.69, 9.17) is 5.26 Å². The van der Waals surface area contributed by atoms with E-state index in [1.807, 2.05) is 29.0 Å². The van der Waals surface area contributed by atoms with Gasteiger partial charge in [-0.25, -0.2) is 0 Å². The van der Waals surface area contributed by atoms with Gasteiger partial charge in [0.25, 0.3) is 0 Å². The van der Waals surface area contributed by atoms with Gasteiger partial charge in [-0.2, -0.15) is 5.26 Å². The monoisotopic (exact) mass is 308 g/mol. The van der Waals surface area contributed by atoms with Crippen LogP contribution in [0.3, 0.4) is 0 Å². The molecule has 0 saturated carbocycles. The molecule has 0 radical (unpaired) electrons. The van der Waals surface area contributed by atoms with E-state index in [1.54, 1.807) is 12.1 Å². The molecule has 1 aromatic carbocycles. The van der Waals surface area contributed by atoms with Gasteiger partial charge in [-0.3, -0.25) is 9.69 Å². The molecule has 1 amide bonds. The third-order valence-corrected chi connectivity index (χ3v) is 3.41. The fourth-order valence-corrected chi connectivity index (χ4v) is 2.30. The molecule has 1 fully saturated rings. The fourth-order valence-electron chi connectivity index (χ4n) is 2.30. The number of halogens is 1. The van der Waals surface area contributed by atoms with Gasteiger partial charge in [0.15, 0.2) is 0 Å². The predicted molar refractivity (Wildman–Crippen MR) is 84.2 cm³/mol. The van der Waals surface area contributed by atoms with Gasteiger partial charge in [0, 0.05) is 32.7 Å². The lowest BCUT2D eigenvalue weighted by molar-refractivity contribution is -0.132. The molecule has 1 saturated heterocycles. The zero-order valence-corrected chi connectivity index (χ0v) is 13.0. The molecule has 0 atom stereocenters. The van der Waals surface area contributed by atoms with E-state index in [0.717, 1.165) is 31.7 Å². The summed E-state index contributed by atoms with van der Waals surface area (Å²) < 4.78 is 0. The number of carbonyl (C=O) groups excluding carboxylic acids is 1. The molecule has 0 bridgehead atoms. The summed E-state index contributed by atoms with van der Waals surface area (Å²) >= 11 is 0. The van der Waals surface area contributed by atoms with Crippen LogP contribution in [0.5, 0.6) is 0 Å². The average Bonchev–Trinajstić information content (AvgIpc) is 2.49. The van der Waals surface area contributed by atoms with Gasteiger partial charge >= 0.3 is 0 Å². The lowest BCUT2D eigenvalue weighted by atomic mass is 10.1. The quantitative estimate of drug-likeness (QED) is 0.895. The molecule has 0 spiro atoms. The van der Waals surface area contributed by atoms with Crippen LogP contribution in [0.4, 0.5) is 0 Å². The normalized spacial score (nSPS) is 14.4. The van der Waals surface area contributed by atoms with Crippen molar-refractivity contribution in [3.63, 3.8) is 0 Å². The summed E-state index contributed by atoms with van der Waals surface area (Å²) in [7, 11) is 1.94. The third-order valence-electron chi connectivity index (χ3n) is 3.41. The molecule has 5 nitrogen and oxygen atoms in total. The van der Waals surface area contributed by atoms with Crippen LogP contribution in [0.15, 0.2) is 24.3 Å². The molecule has 0 aliphatic carbocycles. The SMILES string of the molecule is CN(CC(=O)N1CCNCC1)Cc1ccc(C#N)cc1.Cl. The van der Waals surface area contributed by atoms with Crippen LogP contribution >= 0.6 is 12.4 Å². The largest absolute Gasteiger partial charge is 0.339 e. The van der Waals surface area contributed by atoms with Gasteiger partial charge < -0.3 is 10.2 Å². The Labute approximate surface area is 131 Å². The second-order valence-electron chi connectivity index (χ2n) is 5.11. The minimum absolute atomic E-state index is 0. The molecule has 2 rings (SSSR count). The van der Waals surface area contributed by atoms with E-state index < -0.39 is 0 Å². The van der Waals surface area contributed by atoms with E-state index in [9.17, 15) is 4.79 Å². The number of piperazine rings is 1. The molecule has 1 aliphatic rings. The van der Waals surface area contributed by atoms with E-state index in [0.29, 0.717) is 18.7 Å². The van der Waals surface area contributed by atoms with Crippen molar-refractivity contribution in [3.8, 4) is 6.07 Å². The maximum atomic E-state index is 12.1. The number of nitriles is 1. The highest BCUT2D eigenvalue weighted by Gasteiger charge is 2.17. The molecule has 21 heavy (non-hydrogen) atoms. The van der Waals surface area contributed by atoms with Crippen molar-refractivity contribution in [3.05, 3.63) is 35.4 Å². The number of nitrogens with one attached hydrogen (secondary N) is 1. The van der Waals surface area contributed by atoms with Crippen LogP contribution in [0.2, 0.25) is 0 Å². The first-order chi connectivity index (χ1) is 9.69. The lowest BCUT2D eigenvalue weighted by Gasteiger charge is -2.29. The van der Waals surface area contributed by atoms with E-state index in [2.05, 4.69) is 11.4 Å². The first kappa shape index (κ1) is 17.4. The Bertz CT molecular complexity index is 491. The molecule has 1 heterocycles. The summed E-state index contributed by atoms with van der Waals surface area (Å²) in [5.74, 6) is 0.183. The van der Waals surface area contributed by atoms with Crippen LogP contribution in [-0.4, -0.2) is 55.5 Å². The molecular formula is C15H21ClN4O. The minimum atomic E-state index is 0. The van der Waals surface area contributed by atoms with Crippen molar-refractivity contribution < 1.29 is 4.79 Å². The Hall–Kier alpha value is -1.61. The summed E-state index contributed by atoms with van der Waals surface area (Å²) in [6.07, 6.45) is 0. The second kappa shape index (κ2) is 8.63. The first-order valence-corrected chi connectivity index (χ1v) is 6.85. The highest BCUT2D eigenvalue weighted by Crippen LogP contribution is 2.06. The van der Waals surface area contributed by atoms with Gasteiger partial charge in [-0.1, -0.05) is 12.1 Å². The fraction of sp³-hybridized carbons (Fsp3) is 0.467. The van der Waals surface area contributed by atoms with Crippen molar-refractivity contribution in [2.75, 3.05) is 39.8 Å². The Kier molecular flexibility index (Phi) is 7.17. The number of benzene rings is 1. The van der Waals surface area contributed by atoms with Crippen molar-refractivity contribution in [1.82, 2.24) is 15.1 Å². The third kappa shape index (κ3) is 5.35. The van der Waals surface area contributed by atoms with Gasteiger partial charge in [0.05, 0.1) is 18.2 Å². The van der Waals surface area contributed by atoms with Gasteiger partial charge in [-0.05, 0) is 24.7 Å². The molecule has 0 unspecified atom stereocenters. The molecule has 1 aromatic rings. The number of carbonyl (C=O) groups is 1. The predicted octanol–water partition coefficient (Wildman–Crippen LogP) is 0.844. The number of rotatable bonds is 4. The molecular weight excluding hydrogens is 288 g/mol. The summed E-state index contributed by atoms with van der Waals surface area (Å²) in [5.41, 5.74) is 1.77. The highest BCUT2D eigenvalue weighted by atomic mass is 35.5. The number of nitrogens with zero attached hydrogens (tertiary/aromatic N) is 3. The zero-order valence-electron chi connectivity index (χ0n) is 12.2. The van der Waals surface area contributed by atoms with E-state index >= 15 is 0 Å². The number of amides is 1. The standard InChI is InChI=1S/C15H20N4O.ClH/c1-18(11-14-4-2-13(10-16)3-5-14)12-15(20)19-8-6-17-7-9-19;/h2-5,17H,6-9,11-12H2,1H3;1H. The first-order valence-electron chi connectivity index (χ1n) is 6.85. The van der Waals surface area contributed by atoms with Crippen molar-refractivity contribution in [2.45, 2.75) is 6.54 Å². The molecule has 6 heteroatoms. The maximum Gasteiger partial charge on any atom is 0.236 e. The lowest BCUT2D eigenvalue weighted by Crippen LogP contribution is -2.49. The summed E-state index contributed by atoms with van der Waals surface area (Å²) in [4.78, 5) is 16.0. The molecule has 1 aliphatic heterocycles. The summed E-state index contributed by atoms with van der Waals surface area (Å²) in [6, 6.07) is 9.59. The molecule has 114 valence electrons. The van der Waals surface area contributed by atoms with Crippen molar-refractivity contribution in [2.24, 2.45) is 0 Å². The Morgan fingerprint density at radius 3 is 2.52 bits per heavy atom. The van der Waals surface area contributed by atoms with E-state index in [1.165, 1.54) is 0 Å². The molecule has 0 aromatic heterocycles. The topological polar surface area (TPSA) is 59.4 Å². The van der Waals surface area contributed by atoms with Crippen molar-refractivity contribution in [1.29, 1.82) is 5.26 Å². The number of likely N-dealkylation sites (N-methyl/N-ethyl adjacent to an activating group) is 1. The van der Waals surface area contributed by atoms with Gasteiger partial charge in [-0.15, -0.1) is 12.4 Å². The molecule has 1 N–H and O–H groups in total.